The van der Waals surface area contributed by atoms with E-state index in [4.69, 9.17) is 4.74 Å². The summed E-state index contributed by atoms with van der Waals surface area (Å²) in [5.41, 5.74) is 1.29. The minimum atomic E-state index is 0.212. The lowest BCUT2D eigenvalue weighted by atomic mass is 10.1. The lowest BCUT2D eigenvalue weighted by molar-refractivity contribution is 0.0349. The van der Waals surface area contributed by atoms with Crippen LogP contribution in [-0.4, -0.2) is 54.8 Å². The number of pyridine rings is 1. The average Bonchev–Trinajstić information content (AvgIpc) is 2.61. The van der Waals surface area contributed by atoms with Gasteiger partial charge in [0.2, 0.25) is 5.95 Å². The first-order chi connectivity index (χ1) is 11.2. The Bertz CT molecular complexity index is 619. The molecule has 0 spiro atoms. The second-order valence-corrected chi connectivity index (χ2v) is 5.94. The average molecular weight is 313 g/mol. The van der Waals surface area contributed by atoms with Gasteiger partial charge in [0, 0.05) is 45.8 Å². The molecule has 1 aliphatic rings. The standard InChI is InChI=1S/C17H23N5O/c1-21(2)16-12-14(6-9-18-16)4-5-15-13-22(10-11-23-15)17-19-7-3-8-20-17/h3,6-9,12,15H,4-5,10-11,13H2,1-2H3/t15-/m1/s1. The van der Waals surface area contributed by atoms with E-state index in [0.29, 0.717) is 0 Å². The van der Waals surface area contributed by atoms with Gasteiger partial charge in [0.05, 0.1) is 12.7 Å². The van der Waals surface area contributed by atoms with Crippen molar-refractivity contribution in [3.63, 3.8) is 0 Å². The van der Waals surface area contributed by atoms with Gasteiger partial charge >= 0.3 is 0 Å². The maximum Gasteiger partial charge on any atom is 0.225 e. The van der Waals surface area contributed by atoms with Crippen LogP contribution in [0.2, 0.25) is 0 Å². The van der Waals surface area contributed by atoms with E-state index in [1.807, 2.05) is 31.3 Å². The SMILES string of the molecule is CN(C)c1cc(CC[C@@H]2CN(c3ncccn3)CCO2)ccn1. The fraction of sp³-hybridized carbons (Fsp3) is 0.471. The maximum absolute atomic E-state index is 5.91. The highest BCUT2D eigenvalue weighted by molar-refractivity contribution is 5.39. The van der Waals surface area contributed by atoms with Crippen LogP contribution < -0.4 is 9.80 Å². The van der Waals surface area contributed by atoms with E-state index in [1.54, 1.807) is 12.4 Å². The van der Waals surface area contributed by atoms with Crippen LogP contribution in [0.15, 0.2) is 36.8 Å². The molecule has 0 saturated carbocycles. The van der Waals surface area contributed by atoms with Gasteiger partial charge in [0.25, 0.3) is 0 Å². The Morgan fingerprint density at radius 3 is 2.83 bits per heavy atom. The molecule has 6 heteroatoms. The summed E-state index contributed by atoms with van der Waals surface area (Å²) in [6.07, 6.45) is 7.62. The second kappa shape index (κ2) is 7.37. The number of nitrogens with zero attached hydrogens (tertiary/aromatic N) is 5. The molecular weight excluding hydrogens is 290 g/mol. The third-order valence-electron chi connectivity index (χ3n) is 4.00. The number of ether oxygens (including phenoxy) is 1. The molecule has 122 valence electrons. The van der Waals surface area contributed by atoms with Gasteiger partial charge in [-0.15, -0.1) is 0 Å². The molecule has 0 radical (unpaired) electrons. The number of anilines is 2. The Labute approximate surface area is 137 Å². The first-order valence-corrected chi connectivity index (χ1v) is 7.98. The van der Waals surface area contributed by atoms with E-state index in [9.17, 15) is 0 Å². The van der Waals surface area contributed by atoms with Crippen LogP contribution in [0.1, 0.15) is 12.0 Å². The molecule has 2 aromatic heterocycles. The van der Waals surface area contributed by atoms with Crippen LogP contribution in [-0.2, 0) is 11.2 Å². The van der Waals surface area contributed by atoms with Gasteiger partial charge in [-0.3, -0.25) is 0 Å². The molecule has 1 aliphatic heterocycles. The Morgan fingerprint density at radius 2 is 2.04 bits per heavy atom. The zero-order chi connectivity index (χ0) is 16.1. The van der Waals surface area contributed by atoms with Crippen molar-refractivity contribution < 1.29 is 4.74 Å². The molecule has 0 bridgehead atoms. The summed E-state index contributed by atoms with van der Waals surface area (Å²) in [7, 11) is 4.02. The normalized spacial score (nSPS) is 18.0. The highest BCUT2D eigenvalue weighted by Crippen LogP contribution is 2.17. The lowest BCUT2D eigenvalue weighted by Crippen LogP contribution is -2.43. The van der Waals surface area contributed by atoms with Gasteiger partial charge in [-0.2, -0.15) is 0 Å². The topological polar surface area (TPSA) is 54.4 Å². The number of morpholine rings is 1. The number of hydrogen-bond acceptors (Lipinski definition) is 6. The molecular formula is C17H23N5O. The van der Waals surface area contributed by atoms with Crippen molar-refractivity contribution in [2.45, 2.75) is 18.9 Å². The van der Waals surface area contributed by atoms with Gasteiger partial charge in [-0.25, -0.2) is 15.0 Å². The Balaban J connectivity index is 1.57. The minimum Gasteiger partial charge on any atom is -0.375 e. The summed E-state index contributed by atoms with van der Waals surface area (Å²) in [5, 5.41) is 0. The lowest BCUT2D eigenvalue weighted by Gasteiger charge is -2.33. The number of aromatic nitrogens is 3. The smallest absolute Gasteiger partial charge is 0.225 e. The van der Waals surface area contributed by atoms with Crippen LogP contribution in [0.25, 0.3) is 0 Å². The molecule has 0 N–H and O–H groups in total. The van der Waals surface area contributed by atoms with Gasteiger partial charge in [-0.05, 0) is 36.6 Å². The van der Waals surface area contributed by atoms with Gasteiger partial charge < -0.3 is 14.5 Å². The molecule has 0 unspecified atom stereocenters. The fourth-order valence-electron chi connectivity index (χ4n) is 2.72. The third kappa shape index (κ3) is 4.16. The summed E-state index contributed by atoms with van der Waals surface area (Å²) in [6.45, 7) is 2.42. The Kier molecular flexibility index (Phi) is 5.02. The van der Waals surface area contributed by atoms with Crippen molar-refractivity contribution in [1.82, 2.24) is 15.0 Å². The van der Waals surface area contributed by atoms with E-state index in [0.717, 1.165) is 44.3 Å². The quantitative estimate of drug-likeness (QED) is 0.838. The first-order valence-electron chi connectivity index (χ1n) is 7.98. The van der Waals surface area contributed by atoms with E-state index < -0.39 is 0 Å². The Morgan fingerprint density at radius 1 is 1.22 bits per heavy atom. The molecule has 1 saturated heterocycles. The van der Waals surface area contributed by atoms with Gasteiger partial charge in [0.1, 0.15) is 5.82 Å². The van der Waals surface area contributed by atoms with Crippen LogP contribution in [0.3, 0.4) is 0 Å². The van der Waals surface area contributed by atoms with E-state index in [-0.39, 0.29) is 6.10 Å². The predicted molar refractivity (Wildman–Crippen MR) is 90.9 cm³/mol. The van der Waals surface area contributed by atoms with Crippen molar-refractivity contribution in [3.05, 3.63) is 42.4 Å². The van der Waals surface area contributed by atoms with E-state index in [2.05, 4.69) is 32.0 Å². The molecule has 3 rings (SSSR count). The molecule has 0 aromatic carbocycles. The summed E-state index contributed by atoms with van der Waals surface area (Å²) >= 11 is 0. The third-order valence-corrected chi connectivity index (χ3v) is 4.00. The molecule has 23 heavy (non-hydrogen) atoms. The van der Waals surface area contributed by atoms with Crippen molar-refractivity contribution in [2.24, 2.45) is 0 Å². The monoisotopic (exact) mass is 313 g/mol. The van der Waals surface area contributed by atoms with Crippen LogP contribution in [0.4, 0.5) is 11.8 Å². The molecule has 1 atom stereocenters. The summed E-state index contributed by atoms with van der Waals surface area (Å²) in [5.74, 6) is 1.78. The predicted octanol–water partition coefficient (Wildman–Crippen LogP) is 1.78. The van der Waals surface area contributed by atoms with Crippen molar-refractivity contribution in [3.8, 4) is 0 Å². The summed E-state index contributed by atoms with van der Waals surface area (Å²) in [4.78, 5) is 17.2. The zero-order valence-electron chi connectivity index (χ0n) is 13.7. The van der Waals surface area contributed by atoms with Crippen LogP contribution >= 0.6 is 0 Å². The van der Waals surface area contributed by atoms with Crippen molar-refractivity contribution >= 4 is 11.8 Å². The molecule has 1 fully saturated rings. The Hall–Kier alpha value is -2.21. The van der Waals surface area contributed by atoms with Crippen molar-refractivity contribution in [2.75, 3.05) is 43.6 Å². The number of aryl methyl sites for hydroxylation is 1. The molecule has 0 amide bonds. The molecule has 6 nitrogen and oxygen atoms in total. The molecule has 3 heterocycles. The number of rotatable bonds is 5. The largest absolute Gasteiger partial charge is 0.375 e. The minimum absolute atomic E-state index is 0.212. The number of hydrogen-bond donors (Lipinski definition) is 0. The molecule has 0 aliphatic carbocycles. The molecule has 2 aromatic rings. The van der Waals surface area contributed by atoms with Crippen molar-refractivity contribution in [1.29, 1.82) is 0 Å². The van der Waals surface area contributed by atoms with Crippen LogP contribution in [0.5, 0.6) is 0 Å². The fourth-order valence-corrected chi connectivity index (χ4v) is 2.72. The highest BCUT2D eigenvalue weighted by atomic mass is 16.5. The summed E-state index contributed by atoms with van der Waals surface area (Å²) < 4.78 is 5.91. The van der Waals surface area contributed by atoms with Gasteiger partial charge in [-0.1, -0.05) is 0 Å². The highest BCUT2D eigenvalue weighted by Gasteiger charge is 2.22. The maximum atomic E-state index is 5.91. The van der Waals surface area contributed by atoms with Crippen LogP contribution in [0, 0.1) is 0 Å². The van der Waals surface area contributed by atoms with Gasteiger partial charge in [0.15, 0.2) is 0 Å². The zero-order valence-corrected chi connectivity index (χ0v) is 13.7. The van der Waals surface area contributed by atoms with E-state index in [1.165, 1.54) is 5.56 Å². The van der Waals surface area contributed by atoms with E-state index >= 15 is 0 Å². The first kappa shape index (κ1) is 15.7. The second-order valence-electron chi connectivity index (χ2n) is 5.94. The summed E-state index contributed by atoms with van der Waals surface area (Å²) in [6, 6.07) is 6.06.